The quantitative estimate of drug-likeness (QED) is 0.183. The zero-order valence-corrected chi connectivity index (χ0v) is 25.4. The molecule has 44 heavy (non-hydrogen) atoms. The Kier molecular flexibility index (Phi) is 12.7. The Morgan fingerprint density at radius 3 is 1.93 bits per heavy atom. The zero-order chi connectivity index (χ0) is 32.2. The first-order valence-corrected chi connectivity index (χ1v) is 14.9. The van der Waals surface area contributed by atoms with E-state index < -0.39 is 41.6 Å². The van der Waals surface area contributed by atoms with Crippen LogP contribution in [0, 0.1) is 17.8 Å². The molecule has 0 aromatic heterocycles. The van der Waals surface area contributed by atoms with Crippen molar-refractivity contribution < 1.29 is 34.2 Å². The van der Waals surface area contributed by atoms with Crippen LogP contribution in [0.2, 0.25) is 0 Å². The fraction of sp³-hybridized carbons (Fsp3) is 0.361. The van der Waals surface area contributed by atoms with Gasteiger partial charge < -0.3 is 15.5 Å². The Labute approximate surface area is 258 Å². The highest BCUT2D eigenvalue weighted by molar-refractivity contribution is 5.99. The lowest BCUT2D eigenvalue weighted by molar-refractivity contribution is -0.134. The second kappa shape index (κ2) is 16.4. The number of carboxylic acid groups (broad SMARTS) is 1. The van der Waals surface area contributed by atoms with Gasteiger partial charge in [0.2, 0.25) is 5.91 Å². The summed E-state index contributed by atoms with van der Waals surface area (Å²) in [6.07, 6.45) is -0.963. The van der Waals surface area contributed by atoms with Gasteiger partial charge in [-0.3, -0.25) is 19.2 Å². The van der Waals surface area contributed by atoms with Crippen LogP contribution in [0.3, 0.4) is 0 Å². The summed E-state index contributed by atoms with van der Waals surface area (Å²) < 4.78 is 0. The maximum absolute atomic E-state index is 13.4. The van der Waals surface area contributed by atoms with Crippen LogP contribution in [-0.4, -0.2) is 51.6 Å². The van der Waals surface area contributed by atoms with Gasteiger partial charge in [-0.05, 0) is 48.9 Å². The molecule has 0 saturated carbocycles. The van der Waals surface area contributed by atoms with Crippen molar-refractivity contribution >= 4 is 29.2 Å². The molecule has 0 aliphatic heterocycles. The van der Waals surface area contributed by atoms with E-state index in [0.29, 0.717) is 17.5 Å². The monoisotopic (exact) mass is 599 g/mol. The average molecular weight is 600 g/mol. The van der Waals surface area contributed by atoms with Crippen LogP contribution in [0.1, 0.15) is 71.9 Å². The molecule has 0 saturated heterocycles. The van der Waals surface area contributed by atoms with Crippen LogP contribution >= 0.6 is 0 Å². The SMILES string of the molecule is CC(C)[C@H](CC(=O)[C@H](C)NC(=O)[C@@H](CC(=O)c1ccccc1)Cc1ccccc1)C(O)C(=O)CCc1cccc(C(=O)O)c1. The number of nitrogens with one attached hydrogen (secondary N) is 1. The summed E-state index contributed by atoms with van der Waals surface area (Å²) in [4.78, 5) is 63.8. The van der Waals surface area contributed by atoms with Gasteiger partial charge in [-0.1, -0.05) is 86.6 Å². The van der Waals surface area contributed by atoms with E-state index in [4.69, 9.17) is 0 Å². The molecule has 0 radical (unpaired) electrons. The number of benzene rings is 3. The third-order valence-corrected chi connectivity index (χ3v) is 7.93. The van der Waals surface area contributed by atoms with Crippen molar-refractivity contribution in [3.05, 3.63) is 107 Å². The van der Waals surface area contributed by atoms with Crippen LogP contribution in [-0.2, 0) is 27.2 Å². The predicted molar refractivity (Wildman–Crippen MR) is 167 cm³/mol. The molecule has 0 spiro atoms. The molecule has 1 amide bonds. The number of aliphatic hydroxyl groups is 1. The van der Waals surface area contributed by atoms with E-state index in [2.05, 4.69) is 5.32 Å². The van der Waals surface area contributed by atoms with Gasteiger partial charge in [0.1, 0.15) is 6.10 Å². The molecule has 3 N–H and O–H groups in total. The van der Waals surface area contributed by atoms with E-state index in [1.54, 1.807) is 43.3 Å². The fourth-order valence-electron chi connectivity index (χ4n) is 5.17. The largest absolute Gasteiger partial charge is 0.478 e. The number of carboxylic acids is 1. The highest BCUT2D eigenvalue weighted by atomic mass is 16.4. The Bertz CT molecular complexity index is 1440. The van der Waals surface area contributed by atoms with Gasteiger partial charge in [-0.2, -0.15) is 0 Å². The smallest absolute Gasteiger partial charge is 0.335 e. The van der Waals surface area contributed by atoms with Crippen molar-refractivity contribution in [2.24, 2.45) is 17.8 Å². The molecule has 1 unspecified atom stereocenters. The molecule has 0 heterocycles. The molecule has 232 valence electrons. The average Bonchev–Trinajstić information content (AvgIpc) is 3.02. The van der Waals surface area contributed by atoms with Gasteiger partial charge >= 0.3 is 5.97 Å². The summed E-state index contributed by atoms with van der Waals surface area (Å²) in [6.45, 7) is 5.21. The normalized spacial score (nSPS) is 13.8. The number of amides is 1. The van der Waals surface area contributed by atoms with Crippen molar-refractivity contribution in [3.63, 3.8) is 0 Å². The van der Waals surface area contributed by atoms with E-state index in [1.165, 1.54) is 12.1 Å². The molecule has 3 aromatic carbocycles. The lowest BCUT2D eigenvalue weighted by atomic mass is 9.82. The first-order chi connectivity index (χ1) is 21.0. The molecule has 0 fully saturated rings. The van der Waals surface area contributed by atoms with Crippen molar-refractivity contribution in [1.29, 1.82) is 0 Å². The van der Waals surface area contributed by atoms with Crippen molar-refractivity contribution in [2.75, 3.05) is 0 Å². The maximum atomic E-state index is 13.4. The number of aryl methyl sites for hydroxylation is 1. The minimum absolute atomic E-state index is 0.00938. The predicted octanol–water partition coefficient (Wildman–Crippen LogP) is 5.12. The highest BCUT2D eigenvalue weighted by Crippen LogP contribution is 2.24. The Hall–Kier alpha value is -4.43. The summed E-state index contributed by atoms with van der Waals surface area (Å²) in [5.41, 5.74) is 2.18. The number of hydrogen-bond acceptors (Lipinski definition) is 6. The van der Waals surface area contributed by atoms with Crippen molar-refractivity contribution in [2.45, 2.75) is 65.0 Å². The van der Waals surface area contributed by atoms with Crippen LogP contribution in [0.4, 0.5) is 0 Å². The molecule has 3 rings (SSSR count). The Morgan fingerprint density at radius 2 is 1.32 bits per heavy atom. The number of Topliss-reactive ketones (excluding diaryl/α,β-unsaturated/α-hetero) is 3. The zero-order valence-electron chi connectivity index (χ0n) is 25.4. The third kappa shape index (κ3) is 10.1. The second-order valence-electron chi connectivity index (χ2n) is 11.6. The van der Waals surface area contributed by atoms with E-state index in [9.17, 15) is 34.2 Å². The van der Waals surface area contributed by atoms with E-state index in [0.717, 1.165) is 5.56 Å². The van der Waals surface area contributed by atoms with Gasteiger partial charge in [0, 0.05) is 36.7 Å². The summed E-state index contributed by atoms with van der Waals surface area (Å²) in [5.74, 6) is -3.98. The van der Waals surface area contributed by atoms with Gasteiger partial charge in [0.15, 0.2) is 17.3 Å². The van der Waals surface area contributed by atoms with Gasteiger partial charge in [0.05, 0.1) is 11.6 Å². The van der Waals surface area contributed by atoms with Crippen molar-refractivity contribution in [1.82, 2.24) is 5.32 Å². The Morgan fingerprint density at radius 1 is 0.727 bits per heavy atom. The Balaban J connectivity index is 1.63. The molecular weight excluding hydrogens is 558 g/mol. The van der Waals surface area contributed by atoms with E-state index in [1.807, 2.05) is 50.2 Å². The number of ketones is 3. The molecule has 8 nitrogen and oxygen atoms in total. The second-order valence-corrected chi connectivity index (χ2v) is 11.6. The summed E-state index contributed by atoms with van der Waals surface area (Å²) in [6, 6.07) is 23.5. The number of rotatable bonds is 17. The van der Waals surface area contributed by atoms with Crippen molar-refractivity contribution in [3.8, 4) is 0 Å². The highest BCUT2D eigenvalue weighted by Gasteiger charge is 2.33. The molecule has 0 aliphatic carbocycles. The first-order valence-electron chi connectivity index (χ1n) is 14.9. The summed E-state index contributed by atoms with van der Waals surface area (Å²) in [7, 11) is 0. The van der Waals surface area contributed by atoms with Crippen LogP contribution in [0.25, 0.3) is 0 Å². The number of aromatic carboxylic acids is 1. The molecule has 0 aliphatic rings. The van der Waals surface area contributed by atoms with Gasteiger partial charge in [-0.15, -0.1) is 0 Å². The molecule has 3 aromatic rings. The summed E-state index contributed by atoms with van der Waals surface area (Å²) in [5, 5.41) is 22.9. The molecule has 4 atom stereocenters. The van der Waals surface area contributed by atoms with E-state index >= 15 is 0 Å². The fourth-order valence-corrected chi connectivity index (χ4v) is 5.17. The standard InChI is InChI=1S/C36H41NO7/c1-23(2)30(34(41)31(38)18-17-26-13-10-16-28(19-26)36(43)44)22-32(39)24(3)37-35(42)29(20-25-11-6-4-7-12-25)21-33(40)27-14-8-5-9-15-27/h4-16,19,23-24,29-30,34,41H,17-18,20-22H2,1-3H3,(H,37,42)(H,43,44)/t24-,29+,30-,34?/m0/s1. The summed E-state index contributed by atoms with van der Waals surface area (Å²) >= 11 is 0. The number of carbonyl (C=O) groups is 5. The number of aliphatic hydroxyl groups excluding tert-OH is 1. The molecular formula is C36H41NO7. The lowest BCUT2D eigenvalue weighted by Crippen LogP contribution is -2.44. The van der Waals surface area contributed by atoms with Gasteiger partial charge in [0.25, 0.3) is 0 Å². The topological polar surface area (TPSA) is 138 Å². The minimum Gasteiger partial charge on any atom is -0.478 e. The molecule has 0 bridgehead atoms. The number of carbonyl (C=O) groups excluding carboxylic acids is 4. The van der Waals surface area contributed by atoms with Crippen LogP contribution in [0.15, 0.2) is 84.9 Å². The van der Waals surface area contributed by atoms with Crippen LogP contribution < -0.4 is 5.32 Å². The van der Waals surface area contributed by atoms with Gasteiger partial charge in [-0.25, -0.2) is 4.79 Å². The first kappa shape index (κ1) is 34.1. The maximum Gasteiger partial charge on any atom is 0.335 e. The van der Waals surface area contributed by atoms with E-state index in [-0.39, 0.29) is 48.7 Å². The lowest BCUT2D eigenvalue weighted by Gasteiger charge is -2.27. The third-order valence-electron chi connectivity index (χ3n) is 7.93. The van der Waals surface area contributed by atoms with Crippen LogP contribution in [0.5, 0.6) is 0 Å². The minimum atomic E-state index is -1.39. The number of hydrogen-bond donors (Lipinski definition) is 3. The molecule has 8 heteroatoms.